The van der Waals surface area contributed by atoms with E-state index in [1.807, 2.05) is 0 Å². The molecule has 0 amide bonds. The summed E-state index contributed by atoms with van der Waals surface area (Å²) in [6.45, 7) is 0. The second-order valence-corrected chi connectivity index (χ2v) is 5.50. The molecule has 0 spiro atoms. The molecule has 0 radical (unpaired) electrons. The zero-order chi connectivity index (χ0) is 11.4. The smallest absolute Gasteiger partial charge is 0.307 e. The molecule has 0 atom stereocenters. The molecule has 0 heterocycles. The number of hydrogen-bond acceptors (Lipinski definition) is 3. The Morgan fingerprint density at radius 1 is 1.12 bits per heavy atom. The van der Waals surface area contributed by atoms with E-state index in [1.54, 1.807) is 0 Å². The molecule has 92 valence electrons. The number of rotatable bonds is 3. The molecule has 2 N–H and O–H groups in total. The molecule has 0 aromatic carbocycles. The Bertz CT molecular complexity index is 240. The molecule has 2 aliphatic carbocycles. The highest BCUT2D eigenvalue weighted by Crippen LogP contribution is 2.30. The van der Waals surface area contributed by atoms with Gasteiger partial charge in [-0.2, -0.15) is 0 Å². The molecule has 0 saturated heterocycles. The van der Waals surface area contributed by atoms with Crippen molar-refractivity contribution in [2.24, 2.45) is 5.73 Å². The minimum atomic E-state index is -0.270. The molecule has 0 unspecified atom stereocenters. The fourth-order valence-electron chi connectivity index (χ4n) is 2.95. The van der Waals surface area contributed by atoms with Crippen molar-refractivity contribution >= 4 is 5.97 Å². The van der Waals surface area contributed by atoms with E-state index in [0.717, 1.165) is 38.5 Å². The summed E-state index contributed by atoms with van der Waals surface area (Å²) >= 11 is 0. The first-order valence-corrected chi connectivity index (χ1v) is 6.66. The monoisotopic (exact) mass is 225 g/mol. The highest BCUT2D eigenvalue weighted by Gasteiger charge is 2.31. The zero-order valence-corrected chi connectivity index (χ0v) is 10.0. The van der Waals surface area contributed by atoms with Gasteiger partial charge in [-0.3, -0.25) is 4.79 Å². The maximum Gasteiger partial charge on any atom is 0.307 e. The minimum Gasteiger partial charge on any atom is -0.462 e. The van der Waals surface area contributed by atoms with Gasteiger partial charge < -0.3 is 10.5 Å². The van der Waals surface area contributed by atoms with Crippen molar-refractivity contribution in [3.63, 3.8) is 0 Å². The molecule has 0 bridgehead atoms. The Morgan fingerprint density at radius 2 is 1.75 bits per heavy atom. The molecule has 2 rings (SSSR count). The summed E-state index contributed by atoms with van der Waals surface area (Å²) < 4.78 is 5.46. The maximum atomic E-state index is 11.8. The van der Waals surface area contributed by atoms with Crippen LogP contribution in [0.15, 0.2) is 0 Å². The van der Waals surface area contributed by atoms with E-state index in [-0.39, 0.29) is 17.6 Å². The lowest BCUT2D eigenvalue weighted by Gasteiger charge is -2.32. The first kappa shape index (κ1) is 11.9. The molecular formula is C13H23NO2. The van der Waals surface area contributed by atoms with Gasteiger partial charge >= 0.3 is 5.97 Å². The number of carbonyl (C=O) groups is 1. The van der Waals surface area contributed by atoms with Crippen molar-refractivity contribution in [1.29, 1.82) is 0 Å². The zero-order valence-electron chi connectivity index (χ0n) is 10.0. The van der Waals surface area contributed by atoms with Crippen LogP contribution >= 0.6 is 0 Å². The van der Waals surface area contributed by atoms with Crippen LogP contribution in [0.2, 0.25) is 0 Å². The van der Waals surface area contributed by atoms with Crippen molar-refractivity contribution < 1.29 is 9.53 Å². The summed E-state index contributed by atoms with van der Waals surface area (Å²) in [4.78, 5) is 11.8. The second kappa shape index (κ2) is 5.17. The van der Waals surface area contributed by atoms with Crippen LogP contribution in [0.5, 0.6) is 0 Å². The van der Waals surface area contributed by atoms with Gasteiger partial charge in [-0.15, -0.1) is 0 Å². The van der Waals surface area contributed by atoms with Crippen molar-refractivity contribution in [3.8, 4) is 0 Å². The lowest BCUT2D eigenvalue weighted by molar-refractivity contribution is -0.150. The van der Waals surface area contributed by atoms with Crippen LogP contribution in [0, 0.1) is 0 Å². The molecule has 0 aromatic rings. The average Bonchev–Trinajstić information content (AvgIpc) is 2.70. The summed E-state index contributed by atoms with van der Waals surface area (Å²) in [6.07, 6.45) is 10.6. The number of nitrogens with two attached hydrogens (primary N) is 1. The third kappa shape index (κ3) is 3.21. The minimum absolute atomic E-state index is 0.0729. The predicted molar refractivity (Wildman–Crippen MR) is 63.0 cm³/mol. The van der Waals surface area contributed by atoms with Gasteiger partial charge in [0.05, 0.1) is 6.42 Å². The van der Waals surface area contributed by atoms with E-state index in [1.165, 1.54) is 19.3 Å². The van der Waals surface area contributed by atoms with Crippen LogP contribution in [-0.4, -0.2) is 17.6 Å². The lowest BCUT2D eigenvalue weighted by atomic mass is 9.80. The Hall–Kier alpha value is -0.570. The quantitative estimate of drug-likeness (QED) is 0.751. The number of carbonyl (C=O) groups excluding carboxylic acids is 1. The fourth-order valence-corrected chi connectivity index (χ4v) is 2.95. The van der Waals surface area contributed by atoms with Gasteiger partial charge in [-0.05, 0) is 38.5 Å². The molecule has 3 nitrogen and oxygen atoms in total. The van der Waals surface area contributed by atoms with Crippen molar-refractivity contribution in [2.45, 2.75) is 75.9 Å². The summed E-state index contributed by atoms with van der Waals surface area (Å²) in [5.41, 5.74) is 5.96. The van der Waals surface area contributed by atoms with E-state index < -0.39 is 0 Å². The number of hydrogen-bond donors (Lipinski definition) is 1. The average molecular weight is 225 g/mol. The summed E-state index contributed by atoms with van der Waals surface area (Å²) in [6, 6.07) is 0. The molecule has 2 saturated carbocycles. The van der Waals surface area contributed by atoms with Gasteiger partial charge in [-0.1, -0.05) is 19.3 Å². The van der Waals surface area contributed by atoms with E-state index >= 15 is 0 Å². The summed E-state index contributed by atoms with van der Waals surface area (Å²) in [5, 5.41) is 0. The lowest BCUT2D eigenvalue weighted by Crippen LogP contribution is -2.44. The fraction of sp³-hybridized carbons (Fsp3) is 0.923. The molecule has 2 aliphatic rings. The number of esters is 1. The van der Waals surface area contributed by atoms with Crippen LogP contribution in [0.4, 0.5) is 0 Å². The predicted octanol–water partition coefficient (Wildman–Crippen LogP) is 2.52. The van der Waals surface area contributed by atoms with Gasteiger partial charge in [0.25, 0.3) is 0 Å². The molecular weight excluding hydrogens is 202 g/mol. The van der Waals surface area contributed by atoms with E-state index in [4.69, 9.17) is 10.5 Å². The van der Waals surface area contributed by atoms with Crippen molar-refractivity contribution in [1.82, 2.24) is 0 Å². The second-order valence-electron chi connectivity index (χ2n) is 5.50. The molecule has 0 aliphatic heterocycles. The van der Waals surface area contributed by atoms with E-state index in [9.17, 15) is 4.79 Å². The standard InChI is InChI=1S/C13H23NO2/c14-13(8-4-1-5-9-13)10-12(15)16-11-6-2-3-7-11/h11H,1-10,14H2. The highest BCUT2D eigenvalue weighted by atomic mass is 16.5. The van der Waals surface area contributed by atoms with Gasteiger partial charge in [-0.25, -0.2) is 0 Å². The Kier molecular flexibility index (Phi) is 3.85. The molecule has 2 fully saturated rings. The first-order valence-electron chi connectivity index (χ1n) is 6.66. The van der Waals surface area contributed by atoms with Crippen LogP contribution in [0.3, 0.4) is 0 Å². The molecule has 16 heavy (non-hydrogen) atoms. The van der Waals surface area contributed by atoms with Gasteiger partial charge in [0.15, 0.2) is 0 Å². The highest BCUT2D eigenvalue weighted by molar-refractivity contribution is 5.71. The van der Waals surface area contributed by atoms with Crippen LogP contribution < -0.4 is 5.73 Å². The van der Waals surface area contributed by atoms with E-state index in [2.05, 4.69) is 0 Å². The van der Waals surface area contributed by atoms with E-state index in [0.29, 0.717) is 6.42 Å². The molecule has 0 aromatic heterocycles. The van der Waals surface area contributed by atoms with Crippen LogP contribution in [0.25, 0.3) is 0 Å². The third-order valence-electron chi connectivity index (χ3n) is 3.95. The van der Waals surface area contributed by atoms with Crippen molar-refractivity contribution in [2.75, 3.05) is 0 Å². The van der Waals surface area contributed by atoms with Gasteiger partial charge in [0.2, 0.25) is 0 Å². The topological polar surface area (TPSA) is 52.3 Å². The maximum absolute atomic E-state index is 11.8. The Balaban J connectivity index is 1.76. The first-order chi connectivity index (χ1) is 7.68. The SMILES string of the molecule is NC1(CC(=O)OC2CCCC2)CCCCC1. The normalized spacial score (nSPS) is 25.6. The Morgan fingerprint density at radius 3 is 2.38 bits per heavy atom. The number of ether oxygens (including phenoxy) is 1. The Labute approximate surface area is 97.7 Å². The van der Waals surface area contributed by atoms with Gasteiger partial charge in [0, 0.05) is 5.54 Å². The van der Waals surface area contributed by atoms with Crippen molar-refractivity contribution in [3.05, 3.63) is 0 Å². The van der Waals surface area contributed by atoms with Gasteiger partial charge in [0.1, 0.15) is 6.10 Å². The summed E-state index contributed by atoms with van der Waals surface area (Å²) in [7, 11) is 0. The summed E-state index contributed by atoms with van der Waals surface area (Å²) in [5.74, 6) is -0.0729. The largest absolute Gasteiger partial charge is 0.462 e. The van der Waals surface area contributed by atoms with Crippen LogP contribution in [-0.2, 0) is 9.53 Å². The van der Waals surface area contributed by atoms with Crippen LogP contribution in [0.1, 0.15) is 64.2 Å². The molecule has 3 heteroatoms. The third-order valence-corrected chi connectivity index (χ3v) is 3.95.